The van der Waals surface area contributed by atoms with Gasteiger partial charge >= 0.3 is 5.97 Å². The molecule has 1 N–H and O–H groups in total. The summed E-state index contributed by atoms with van der Waals surface area (Å²) in [7, 11) is 0. The highest BCUT2D eigenvalue weighted by Gasteiger charge is 2.11. The van der Waals surface area contributed by atoms with E-state index in [2.05, 4.69) is 10.3 Å². The lowest BCUT2D eigenvalue weighted by molar-refractivity contribution is 0.0527. The van der Waals surface area contributed by atoms with Crippen molar-refractivity contribution in [3.63, 3.8) is 0 Å². The van der Waals surface area contributed by atoms with E-state index in [4.69, 9.17) is 4.74 Å². The van der Waals surface area contributed by atoms with Gasteiger partial charge in [-0.1, -0.05) is 18.2 Å². The average molecular weight is 256 g/mol. The Morgan fingerprint density at radius 3 is 2.84 bits per heavy atom. The summed E-state index contributed by atoms with van der Waals surface area (Å²) in [4.78, 5) is 15.9. The van der Waals surface area contributed by atoms with Crippen LogP contribution in [0.3, 0.4) is 0 Å². The van der Waals surface area contributed by atoms with E-state index in [0.717, 1.165) is 11.3 Å². The summed E-state index contributed by atoms with van der Waals surface area (Å²) in [5.41, 5.74) is 2.37. The normalized spacial score (nSPS) is 9.95. The molecule has 4 nitrogen and oxygen atoms in total. The Kier molecular flexibility index (Phi) is 4.50. The molecule has 0 unspecified atom stereocenters. The first-order chi connectivity index (χ1) is 9.31. The molecule has 0 aliphatic heterocycles. The van der Waals surface area contributed by atoms with Crippen LogP contribution in [0.25, 0.3) is 0 Å². The summed E-state index contributed by atoms with van der Waals surface area (Å²) in [5.74, 6) is -0.309. The molecule has 4 heteroatoms. The highest BCUT2D eigenvalue weighted by molar-refractivity contribution is 5.95. The maximum Gasteiger partial charge on any atom is 0.340 e. The molecule has 0 saturated heterocycles. The molecule has 0 bridgehead atoms. The number of nitrogens with zero attached hydrogens (tertiary/aromatic N) is 1. The number of carbonyl (C=O) groups is 1. The zero-order valence-corrected chi connectivity index (χ0v) is 10.8. The fourth-order valence-electron chi connectivity index (χ4n) is 1.72. The second-order valence-corrected chi connectivity index (χ2v) is 3.98. The van der Waals surface area contributed by atoms with Crippen molar-refractivity contribution in [2.45, 2.75) is 13.5 Å². The van der Waals surface area contributed by atoms with Gasteiger partial charge < -0.3 is 10.1 Å². The van der Waals surface area contributed by atoms with Gasteiger partial charge in [-0.15, -0.1) is 0 Å². The van der Waals surface area contributed by atoms with E-state index in [0.29, 0.717) is 18.7 Å². The fraction of sp³-hybridized carbons (Fsp3) is 0.200. The number of hydrogen-bond acceptors (Lipinski definition) is 4. The van der Waals surface area contributed by atoms with Crippen molar-refractivity contribution < 1.29 is 9.53 Å². The van der Waals surface area contributed by atoms with Gasteiger partial charge in [-0.25, -0.2) is 4.79 Å². The van der Waals surface area contributed by atoms with Crippen LogP contribution in [0.2, 0.25) is 0 Å². The number of hydrogen-bond donors (Lipinski definition) is 1. The van der Waals surface area contributed by atoms with Crippen LogP contribution < -0.4 is 5.32 Å². The molecular formula is C15H16N2O2. The summed E-state index contributed by atoms with van der Waals surface area (Å²) in [6, 6.07) is 11.2. The minimum absolute atomic E-state index is 0.309. The van der Waals surface area contributed by atoms with E-state index in [1.807, 2.05) is 30.3 Å². The van der Waals surface area contributed by atoms with Gasteiger partial charge in [0.05, 0.1) is 12.2 Å². The third-order valence-electron chi connectivity index (χ3n) is 2.63. The molecule has 0 amide bonds. The Morgan fingerprint density at radius 1 is 1.26 bits per heavy atom. The first-order valence-corrected chi connectivity index (χ1v) is 6.20. The van der Waals surface area contributed by atoms with Crippen molar-refractivity contribution in [3.8, 4) is 0 Å². The van der Waals surface area contributed by atoms with Crippen molar-refractivity contribution >= 4 is 11.7 Å². The largest absolute Gasteiger partial charge is 0.462 e. The highest BCUT2D eigenvalue weighted by Crippen LogP contribution is 2.17. The molecule has 19 heavy (non-hydrogen) atoms. The van der Waals surface area contributed by atoms with Crippen LogP contribution in [-0.2, 0) is 11.3 Å². The fourth-order valence-corrected chi connectivity index (χ4v) is 1.72. The Hall–Kier alpha value is -2.36. The maximum atomic E-state index is 11.8. The Morgan fingerprint density at radius 2 is 2.11 bits per heavy atom. The maximum absolute atomic E-state index is 11.8. The molecular weight excluding hydrogens is 240 g/mol. The van der Waals surface area contributed by atoms with E-state index in [-0.39, 0.29) is 5.97 Å². The molecule has 0 atom stereocenters. The number of para-hydroxylation sites is 1. The lowest BCUT2D eigenvalue weighted by Gasteiger charge is -2.11. The molecule has 1 aromatic carbocycles. The average Bonchev–Trinajstić information content (AvgIpc) is 2.47. The Balaban J connectivity index is 2.10. The number of benzene rings is 1. The SMILES string of the molecule is CCOC(=O)c1ccccc1NCc1cccnc1. The first-order valence-electron chi connectivity index (χ1n) is 6.20. The minimum Gasteiger partial charge on any atom is -0.462 e. The molecule has 0 radical (unpaired) electrons. The molecule has 0 fully saturated rings. The number of anilines is 1. The number of nitrogens with one attached hydrogen (secondary N) is 1. The molecule has 1 heterocycles. The molecule has 1 aromatic heterocycles. The van der Waals surface area contributed by atoms with Gasteiger partial charge in [0.15, 0.2) is 0 Å². The van der Waals surface area contributed by atoms with E-state index in [1.165, 1.54) is 0 Å². The second-order valence-electron chi connectivity index (χ2n) is 3.98. The van der Waals surface area contributed by atoms with Crippen LogP contribution in [0.1, 0.15) is 22.8 Å². The van der Waals surface area contributed by atoms with Gasteiger partial charge in [0.1, 0.15) is 0 Å². The smallest absolute Gasteiger partial charge is 0.340 e. The van der Waals surface area contributed by atoms with E-state index < -0.39 is 0 Å². The zero-order valence-electron chi connectivity index (χ0n) is 10.8. The van der Waals surface area contributed by atoms with Crippen LogP contribution in [-0.4, -0.2) is 17.6 Å². The van der Waals surface area contributed by atoms with Crippen LogP contribution in [0, 0.1) is 0 Å². The highest BCUT2D eigenvalue weighted by atomic mass is 16.5. The van der Waals surface area contributed by atoms with Crippen molar-refractivity contribution in [3.05, 3.63) is 59.9 Å². The third-order valence-corrected chi connectivity index (χ3v) is 2.63. The lowest BCUT2D eigenvalue weighted by atomic mass is 10.1. The minimum atomic E-state index is -0.309. The number of ether oxygens (including phenoxy) is 1. The molecule has 98 valence electrons. The first kappa shape index (κ1) is 13.1. The van der Waals surface area contributed by atoms with Crippen molar-refractivity contribution in [2.75, 3.05) is 11.9 Å². The zero-order chi connectivity index (χ0) is 13.5. The van der Waals surface area contributed by atoms with Gasteiger partial charge in [-0.2, -0.15) is 0 Å². The van der Waals surface area contributed by atoms with Crippen LogP contribution in [0.4, 0.5) is 5.69 Å². The van der Waals surface area contributed by atoms with Gasteiger partial charge in [0.25, 0.3) is 0 Å². The Labute approximate surface area is 112 Å². The number of aromatic nitrogens is 1. The molecule has 2 rings (SSSR count). The van der Waals surface area contributed by atoms with Crippen LogP contribution in [0.5, 0.6) is 0 Å². The summed E-state index contributed by atoms with van der Waals surface area (Å²) < 4.78 is 5.03. The van der Waals surface area contributed by atoms with E-state index in [1.54, 1.807) is 25.4 Å². The monoisotopic (exact) mass is 256 g/mol. The number of carbonyl (C=O) groups excluding carboxylic acids is 1. The summed E-state index contributed by atoms with van der Waals surface area (Å²) in [5, 5.41) is 3.23. The molecule has 0 spiro atoms. The topological polar surface area (TPSA) is 51.2 Å². The number of rotatable bonds is 5. The second kappa shape index (κ2) is 6.54. The lowest BCUT2D eigenvalue weighted by Crippen LogP contribution is -2.09. The Bertz CT molecular complexity index is 541. The van der Waals surface area contributed by atoms with Gasteiger partial charge in [0, 0.05) is 24.6 Å². The van der Waals surface area contributed by atoms with E-state index in [9.17, 15) is 4.79 Å². The van der Waals surface area contributed by atoms with E-state index >= 15 is 0 Å². The predicted molar refractivity (Wildman–Crippen MR) is 74.0 cm³/mol. The quantitative estimate of drug-likeness (QED) is 0.836. The number of esters is 1. The van der Waals surface area contributed by atoms with Gasteiger partial charge in [-0.05, 0) is 30.7 Å². The van der Waals surface area contributed by atoms with Crippen molar-refractivity contribution in [2.24, 2.45) is 0 Å². The molecule has 0 aliphatic carbocycles. The molecule has 2 aromatic rings. The summed E-state index contributed by atoms with van der Waals surface area (Å²) in [6.07, 6.45) is 3.52. The third kappa shape index (κ3) is 3.55. The standard InChI is InChI=1S/C15H16N2O2/c1-2-19-15(18)13-7-3-4-8-14(13)17-11-12-6-5-9-16-10-12/h3-10,17H,2,11H2,1H3. The van der Waals surface area contributed by atoms with Crippen LogP contribution >= 0.6 is 0 Å². The number of pyridine rings is 1. The molecule has 0 saturated carbocycles. The van der Waals surface area contributed by atoms with Gasteiger partial charge in [0.2, 0.25) is 0 Å². The molecule has 0 aliphatic rings. The predicted octanol–water partition coefficient (Wildman–Crippen LogP) is 2.87. The van der Waals surface area contributed by atoms with Crippen molar-refractivity contribution in [1.82, 2.24) is 4.98 Å². The summed E-state index contributed by atoms with van der Waals surface area (Å²) >= 11 is 0. The summed E-state index contributed by atoms with van der Waals surface area (Å²) in [6.45, 7) is 2.78. The van der Waals surface area contributed by atoms with Crippen LogP contribution in [0.15, 0.2) is 48.8 Å². The van der Waals surface area contributed by atoms with Gasteiger partial charge in [-0.3, -0.25) is 4.98 Å². The van der Waals surface area contributed by atoms with Crippen molar-refractivity contribution in [1.29, 1.82) is 0 Å².